The van der Waals surface area contributed by atoms with E-state index in [1.165, 1.54) is 11.8 Å². The van der Waals surface area contributed by atoms with Gasteiger partial charge in [-0.1, -0.05) is 18.2 Å². The zero-order valence-electron chi connectivity index (χ0n) is 16.2. The summed E-state index contributed by atoms with van der Waals surface area (Å²) >= 11 is 0. The van der Waals surface area contributed by atoms with Crippen molar-refractivity contribution in [2.45, 2.75) is 6.42 Å². The maximum atomic E-state index is 12.8. The Bertz CT molecular complexity index is 974. The molecule has 0 bridgehead atoms. The first-order valence-electron chi connectivity index (χ1n) is 9.47. The largest absolute Gasteiger partial charge is 0.497 e. The molecule has 0 radical (unpaired) electrons. The van der Waals surface area contributed by atoms with Gasteiger partial charge < -0.3 is 19.7 Å². The van der Waals surface area contributed by atoms with Crippen LogP contribution >= 0.6 is 0 Å². The molecule has 1 aliphatic rings. The van der Waals surface area contributed by atoms with E-state index in [9.17, 15) is 4.79 Å². The van der Waals surface area contributed by atoms with Crippen molar-refractivity contribution < 1.29 is 14.3 Å². The molecule has 0 saturated heterocycles. The van der Waals surface area contributed by atoms with Crippen molar-refractivity contribution in [1.29, 1.82) is 0 Å². The Balaban J connectivity index is 1.28. The summed E-state index contributed by atoms with van der Waals surface area (Å²) < 4.78 is 10.8. The van der Waals surface area contributed by atoms with Crippen LogP contribution in [0, 0.1) is 0 Å². The molecule has 1 aromatic heterocycles. The molecule has 0 aliphatic carbocycles. The van der Waals surface area contributed by atoms with Gasteiger partial charge in [0.15, 0.2) is 0 Å². The molecular formula is C22H22N4O3. The number of hydrogen-bond acceptors (Lipinski definition) is 6. The van der Waals surface area contributed by atoms with E-state index in [1.807, 2.05) is 42.5 Å². The van der Waals surface area contributed by atoms with Crippen LogP contribution < -0.4 is 19.7 Å². The molecule has 4 rings (SSSR count). The maximum absolute atomic E-state index is 12.8. The summed E-state index contributed by atoms with van der Waals surface area (Å²) in [4.78, 5) is 23.1. The minimum absolute atomic E-state index is 0.128. The number of nitrogens with zero attached hydrogens (tertiary/aromatic N) is 3. The molecule has 148 valence electrons. The summed E-state index contributed by atoms with van der Waals surface area (Å²) in [6.07, 6.45) is 3.95. The lowest BCUT2D eigenvalue weighted by Crippen LogP contribution is -2.29. The lowest BCUT2D eigenvalue weighted by atomic mass is 10.2. The number of nitrogens with one attached hydrogen (secondary N) is 1. The smallest absolute Gasteiger partial charge is 0.278 e. The van der Waals surface area contributed by atoms with Crippen LogP contribution in [0.3, 0.4) is 0 Å². The lowest BCUT2D eigenvalue weighted by molar-refractivity contribution is 0.0984. The number of methoxy groups -OCH3 is 1. The molecule has 1 amide bonds. The van der Waals surface area contributed by atoms with Crippen molar-refractivity contribution in [3.05, 3.63) is 72.2 Å². The van der Waals surface area contributed by atoms with Crippen LogP contribution in [0.5, 0.6) is 11.5 Å². The zero-order chi connectivity index (χ0) is 20.1. The molecule has 2 heterocycles. The van der Waals surface area contributed by atoms with E-state index >= 15 is 0 Å². The average molecular weight is 390 g/mol. The number of fused-ring (bicyclic) bond motifs is 1. The highest BCUT2D eigenvalue weighted by molar-refractivity contribution is 6.05. The summed E-state index contributed by atoms with van der Waals surface area (Å²) in [7, 11) is 1.63. The van der Waals surface area contributed by atoms with Crippen LogP contribution in [-0.2, 0) is 6.42 Å². The molecule has 1 N–H and O–H groups in total. The van der Waals surface area contributed by atoms with E-state index < -0.39 is 0 Å². The number of para-hydroxylation sites is 1. The Morgan fingerprint density at radius 3 is 2.62 bits per heavy atom. The summed E-state index contributed by atoms with van der Waals surface area (Å²) in [5.41, 5.74) is 2.47. The molecule has 0 unspecified atom stereocenters. The number of hydrogen-bond donors (Lipinski definition) is 1. The second-order valence-corrected chi connectivity index (χ2v) is 6.57. The fourth-order valence-electron chi connectivity index (χ4n) is 3.24. The number of carbonyl (C=O) groups is 1. The second kappa shape index (κ2) is 8.60. The quantitative estimate of drug-likeness (QED) is 0.625. The van der Waals surface area contributed by atoms with E-state index in [1.54, 1.807) is 18.2 Å². The minimum Gasteiger partial charge on any atom is -0.497 e. The second-order valence-electron chi connectivity index (χ2n) is 6.57. The van der Waals surface area contributed by atoms with Crippen molar-refractivity contribution in [1.82, 2.24) is 9.97 Å². The summed E-state index contributed by atoms with van der Waals surface area (Å²) in [5, 5.41) is 3.14. The number of benzene rings is 2. The third-order valence-corrected chi connectivity index (χ3v) is 4.74. The topological polar surface area (TPSA) is 76.6 Å². The van der Waals surface area contributed by atoms with E-state index in [0.29, 0.717) is 31.2 Å². The molecule has 0 atom stereocenters. The van der Waals surface area contributed by atoms with Crippen LogP contribution in [0.15, 0.2) is 60.9 Å². The monoisotopic (exact) mass is 390 g/mol. The van der Waals surface area contributed by atoms with Gasteiger partial charge in [-0.15, -0.1) is 0 Å². The molecule has 0 spiro atoms. The minimum atomic E-state index is -0.128. The summed E-state index contributed by atoms with van der Waals surface area (Å²) in [5.74, 6) is 2.03. The van der Waals surface area contributed by atoms with Crippen molar-refractivity contribution >= 4 is 17.4 Å². The zero-order valence-corrected chi connectivity index (χ0v) is 16.2. The fourth-order valence-corrected chi connectivity index (χ4v) is 3.24. The Morgan fingerprint density at radius 2 is 1.86 bits per heavy atom. The standard InChI is InChI=1S/C22H22N4O3/c1-28-17-6-8-18(9-7-17)29-13-11-23-21-15-24-19(14-25-21)22(27)26-12-10-16-4-2-3-5-20(16)26/h2-9,14-15H,10-13H2,1H3,(H,23,25). The highest BCUT2D eigenvalue weighted by atomic mass is 16.5. The van der Waals surface area contributed by atoms with Gasteiger partial charge in [-0.3, -0.25) is 4.79 Å². The van der Waals surface area contributed by atoms with Gasteiger partial charge in [0.25, 0.3) is 5.91 Å². The molecule has 7 heteroatoms. The van der Waals surface area contributed by atoms with E-state index in [4.69, 9.17) is 9.47 Å². The fraction of sp³-hybridized carbons (Fsp3) is 0.227. The van der Waals surface area contributed by atoms with Crippen LogP contribution in [0.1, 0.15) is 16.1 Å². The first kappa shape index (κ1) is 18.7. The van der Waals surface area contributed by atoms with E-state index in [0.717, 1.165) is 23.6 Å². The molecule has 1 aliphatic heterocycles. The maximum Gasteiger partial charge on any atom is 0.278 e. The molecule has 0 fully saturated rings. The highest BCUT2D eigenvalue weighted by Gasteiger charge is 2.26. The summed E-state index contributed by atoms with van der Waals surface area (Å²) in [6.45, 7) is 1.70. The Labute approximate surface area is 169 Å². The number of ether oxygens (including phenoxy) is 2. The molecule has 3 aromatic rings. The van der Waals surface area contributed by atoms with Crippen molar-refractivity contribution in [2.24, 2.45) is 0 Å². The summed E-state index contributed by atoms with van der Waals surface area (Å²) in [6, 6.07) is 15.4. The first-order chi connectivity index (χ1) is 14.2. The van der Waals surface area contributed by atoms with E-state index in [-0.39, 0.29) is 5.91 Å². The Kier molecular flexibility index (Phi) is 5.56. The van der Waals surface area contributed by atoms with Gasteiger partial charge >= 0.3 is 0 Å². The third-order valence-electron chi connectivity index (χ3n) is 4.74. The molecule has 0 saturated carbocycles. The normalized spacial score (nSPS) is 12.4. The third kappa shape index (κ3) is 4.29. The highest BCUT2D eigenvalue weighted by Crippen LogP contribution is 2.28. The van der Waals surface area contributed by atoms with E-state index in [2.05, 4.69) is 21.4 Å². The number of aromatic nitrogens is 2. The number of amides is 1. The van der Waals surface area contributed by atoms with Gasteiger partial charge in [-0.05, 0) is 42.3 Å². The van der Waals surface area contributed by atoms with Crippen LogP contribution in [0.2, 0.25) is 0 Å². The van der Waals surface area contributed by atoms with Gasteiger partial charge in [-0.25, -0.2) is 9.97 Å². The molecular weight excluding hydrogens is 368 g/mol. The van der Waals surface area contributed by atoms with Gasteiger partial charge in [0.05, 0.1) is 26.0 Å². The van der Waals surface area contributed by atoms with Crippen LogP contribution in [0.4, 0.5) is 11.5 Å². The lowest BCUT2D eigenvalue weighted by Gasteiger charge is -2.16. The molecule has 2 aromatic carbocycles. The van der Waals surface area contributed by atoms with Crippen LogP contribution in [0.25, 0.3) is 0 Å². The van der Waals surface area contributed by atoms with Crippen molar-refractivity contribution in [3.8, 4) is 11.5 Å². The Morgan fingerprint density at radius 1 is 1.07 bits per heavy atom. The van der Waals surface area contributed by atoms with Gasteiger partial charge in [0.1, 0.15) is 29.6 Å². The van der Waals surface area contributed by atoms with Gasteiger partial charge in [-0.2, -0.15) is 0 Å². The number of rotatable bonds is 7. The van der Waals surface area contributed by atoms with Crippen molar-refractivity contribution in [2.75, 3.05) is 37.0 Å². The number of carbonyl (C=O) groups excluding carboxylic acids is 1. The van der Waals surface area contributed by atoms with Crippen molar-refractivity contribution in [3.63, 3.8) is 0 Å². The van der Waals surface area contributed by atoms with Crippen LogP contribution in [-0.4, -0.2) is 42.7 Å². The predicted octanol–water partition coefficient (Wildman–Crippen LogP) is 3.18. The Hall–Kier alpha value is -3.61. The molecule has 29 heavy (non-hydrogen) atoms. The average Bonchev–Trinajstić information content (AvgIpc) is 3.21. The predicted molar refractivity (Wildman–Crippen MR) is 111 cm³/mol. The SMILES string of the molecule is COc1ccc(OCCNc2cnc(C(=O)N3CCc4ccccc43)cn2)cc1. The van der Waals surface area contributed by atoms with Gasteiger partial charge in [0.2, 0.25) is 0 Å². The first-order valence-corrected chi connectivity index (χ1v) is 9.47. The van der Waals surface area contributed by atoms with Gasteiger partial charge in [0, 0.05) is 12.2 Å². The number of anilines is 2. The molecule has 7 nitrogen and oxygen atoms in total.